The van der Waals surface area contributed by atoms with Crippen molar-refractivity contribution in [1.82, 2.24) is 0 Å². The summed E-state index contributed by atoms with van der Waals surface area (Å²) in [5.74, 6) is 1.21. The zero-order valence-electron chi connectivity index (χ0n) is 12.3. The van der Waals surface area contributed by atoms with Gasteiger partial charge in [-0.15, -0.1) is 11.8 Å². The van der Waals surface area contributed by atoms with Crippen LogP contribution in [-0.2, 0) is 0 Å². The predicted molar refractivity (Wildman–Crippen MR) is 83.3 cm³/mol. The molecule has 1 nitrogen and oxygen atoms in total. The molecule has 1 rings (SSSR count). The van der Waals surface area contributed by atoms with E-state index in [2.05, 4.69) is 45.9 Å². The Morgan fingerprint density at radius 1 is 1.17 bits per heavy atom. The van der Waals surface area contributed by atoms with Gasteiger partial charge in [-0.3, -0.25) is 0 Å². The lowest BCUT2D eigenvalue weighted by atomic mass is 9.88. The summed E-state index contributed by atoms with van der Waals surface area (Å²) in [7, 11) is 0. The van der Waals surface area contributed by atoms with Gasteiger partial charge in [-0.25, -0.2) is 0 Å². The molecule has 0 aromatic heterocycles. The minimum absolute atomic E-state index is 0.309. The van der Waals surface area contributed by atoms with Gasteiger partial charge in [0.1, 0.15) is 0 Å². The summed E-state index contributed by atoms with van der Waals surface area (Å²) in [5, 5.41) is 0. The molecule has 18 heavy (non-hydrogen) atoms. The lowest BCUT2D eigenvalue weighted by molar-refractivity contribution is 0.336. The highest BCUT2D eigenvalue weighted by Gasteiger charge is 2.14. The number of benzene rings is 1. The predicted octanol–water partition coefficient (Wildman–Crippen LogP) is 4.55. The molecule has 0 unspecified atom stereocenters. The fourth-order valence-electron chi connectivity index (χ4n) is 1.85. The summed E-state index contributed by atoms with van der Waals surface area (Å²) >= 11 is 1.99. The van der Waals surface area contributed by atoms with Crippen molar-refractivity contribution in [2.75, 3.05) is 12.3 Å². The second-order valence-corrected chi connectivity index (χ2v) is 7.08. The van der Waals surface area contributed by atoms with Crippen LogP contribution >= 0.6 is 11.8 Å². The molecule has 0 aliphatic carbocycles. The summed E-state index contributed by atoms with van der Waals surface area (Å²) in [5.41, 5.74) is 8.80. The Kier molecular flexibility index (Phi) is 6.24. The van der Waals surface area contributed by atoms with Gasteiger partial charge in [0.2, 0.25) is 0 Å². The minimum Gasteiger partial charge on any atom is -0.330 e. The van der Waals surface area contributed by atoms with Crippen molar-refractivity contribution >= 4 is 11.8 Å². The van der Waals surface area contributed by atoms with E-state index in [4.69, 9.17) is 5.73 Å². The second kappa shape index (κ2) is 7.20. The lowest BCUT2D eigenvalue weighted by Crippen LogP contribution is -2.23. The third kappa shape index (κ3) is 5.45. The summed E-state index contributed by atoms with van der Waals surface area (Å²) in [6.07, 6.45) is 3.79. The van der Waals surface area contributed by atoms with E-state index in [1.165, 1.54) is 41.0 Å². The minimum atomic E-state index is 0.309. The molecule has 0 spiro atoms. The van der Waals surface area contributed by atoms with E-state index < -0.39 is 0 Å². The van der Waals surface area contributed by atoms with Crippen molar-refractivity contribution < 1.29 is 0 Å². The SMILES string of the molecule is Cc1ccc(C)c(SCCCCC(C)(C)CN)c1. The number of hydrogen-bond donors (Lipinski definition) is 1. The van der Waals surface area contributed by atoms with Gasteiger partial charge >= 0.3 is 0 Å². The number of unbranched alkanes of at least 4 members (excludes halogenated alkanes) is 1. The van der Waals surface area contributed by atoms with Gasteiger partial charge in [-0.2, -0.15) is 0 Å². The van der Waals surface area contributed by atoms with Crippen molar-refractivity contribution in [2.45, 2.75) is 51.9 Å². The zero-order valence-corrected chi connectivity index (χ0v) is 13.1. The molecular weight excluding hydrogens is 238 g/mol. The monoisotopic (exact) mass is 265 g/mol. The van der Waals surface area contributed by atoms with Gasteiger partial charge in [0.15, 0.2) is 0 Å². The highest BCUT2D eigenvalue weighted by molar-refractivity contribution is 7.99. The zero-order chi connectivity index (χ0) is 13.6. The first-order chi connectivity index (χ1) is 8.44. The summed E-state index contributed by atoms with van der Waals surface area (Å²) in [6.45, 7) is 9.65. The quantitative estimate of drug-likeness (QED) is 0.578. The van der Waals surface area contributed by atoms with E-state index in [0.717, 1.165) is 6.54 Å². The molecule has 0 atom stereocenters. The summed E-state index contributed by atoms with van der Waals surface area (Å²) in [6, 6.07) is 6.70. The largest absolute Gasteiger partial charge is 0.330 e. The number of nitrogens with two attached hydrogens (primary N) is 1. The van der Waals surface area contributed by atoms with Crippen LogP contribution in [0.4, 0.5) is 0 Å². The van der Waals surface area contributed by atoms with Crippen LogP contribution < -0.4 is 5.73 Å². The molecule has 0 saturated heterocycles. The van der Waals surface area contributed by atoms with E-state index in [1.54, 1.807) is 0 Å². The van der Waals surface area contributed by atoms with E-state index in [-0.39, 0.29) is 0 Å². The molecule has 2 N–H and O–H groups in total. The highest BCUT2D eigenvalue weighted by Crippen LogP contribution is 2.26. The van der Waals surface area contributed by atoms with Gasteiger partial charge in [0.25, 0.3) is 0 Å². The average Bonchev–Trinajstić information content (AvgIpc) is 2.33. The van der Waals surface area contributed by atoms with Crippen molar-refractivity contribution in [3.63, 3.8) is 0 Å². The smallest absolute Gasteiger partial charge is 0.0104 e. The number of aryl methyl sites for hydroxylation is 2. The van der Waals surface area contributed by atoms with Crippen LogP contribution in [0.25, 0.3) is 0 Å². The van der Waals surface area contributed by atoms with E-state index >= 15 is 0 Å². The van der Waals surface area contributed by atoms with Gasteiger partial charge in [-0.05, 0) is 56.0 Å². The number of rotatable bonds is 7. The van der Waals surface area contributed by atoms with Crippen LogP contribution in [0.5, 0.6) is 0 Å². The maximum atomic E-state index is 5.74. The molecule has 1 aromatic rings. The molecule has 0 heterocycles. The van der Waals surface area contributed by atoms with Crippen LogP contribution in [0.2, 0.25) is 0 Å². The molecule has 0 fully saturated rings. The van der Waals surface area contributed by atoms with Crippen molar-refractivity contribution in [1.29, 1.82) is 0 Å². The molecule has 0 saturated carbocycles. The third-order valence-corrected chi connectivity index (χ3v) is 4.65. The number of hydrogen-bond acceptors (Lipinski definition) is 2. The van der Waals surface area contributed by atoms with Gasteiger partial charge in [0.05, 0.1) is 0 Å². The first-order valence-electron chi connectivity index (χ1n) is 6.85. The Morgan fingerprint density at radius 2 is 1.89 bits per heavy atom. The van der Waals surface area contributed by atoms with Crippen molar-refractivity contribution in [3.8, 4) is 0 Å². The van der Waals surface area contributed by atoms with E-state index in [1.807, 2.05) is 11.8 Å². The molecular formula is C16H27NS. The molecule has 2 heteroatoms. The molecule has 1 aromatic carbocycles. The molecule has 102 valence electrons. The fourth-order valence-corrected chi connectivity index (χ4v) is 2.99. The van der Waals surface area contributed by atoms with E-state index in [9.17, 15) is 0 Å². The second-order valence-electron chi connectivity index (χ2n) is 5.94. The Labute approximate surface area is 117 Å². The Bertz CT molecular complexity index is 371. The first kappa shape index (κ1) is 15.6. The van der Waals surface area contributed by atoms with Crippen LogP contribution in [0.3, 0.4) is 0 Å². The van der Waals surface area contributed by atoms with Crippen LogP contribution in [0.1, 0.15) is 44.2 Å². The van der Waals surface area contributed by atoms with Crippen LogP contribution in [0, 0.1) is 19.3 Å². The molecule has 0 aliphatic heterocycles. The van der Waals surface area contributed by atoms with Gasteiger partial charge < -0.3 is 5.73 Å². The van der Waals surface area contributed by atoms with Crippen LogP contribution in [-0.4, -0.2) is 12.3 Å². The first-order valence-corrected chi connectivity index (χ1v) is 7.83. The maximum Gasteiger partial charge on any atom is 0.0104 e. The van der Waals surface area contributed by atoms with Crippen molar-refractivity contribution in [2.24, 2.45) is 11.1 Å². The van der Waals surface area contributed by atoms with Crippen molar-refractivity contribution in [3.05, 3.63) is 29.3 Å². The highest BCUT2D eigenvalue weighted by atomic mass is 32.2. The average molecular weight is 265 g/mol. The van der Waals surface area contributed by atoms with E-state index in [0.29, 0.717) is 5.41 Å². The Hall–Kier alpha value is -0.470. The standard InChI is InChI=1S/C16H27NS/c1-13-7-8-14(2)15(11-13)18-10-6-5-9-16(3,4)12-17/h7-8,11H,5-6,9-10,12,17H2,1-4H3. The number of thioether (sulfide) groups is 1. The van der Waals surface area contributed by atoms with Gasteiger partial charge in [0, 0.05) is 4.90 Å². The maximum absolute atomic E-state index is 5.74. The van der Waals surface area contributed by atoms with Crippen LogP contribution in [0.15, 0.2) is 23.1 Å². The fraction of sp³-hybridized carbons (Fsp3) is 0.625. The topological polar surface area (TPSA) is 26.0 Å². The third-order valence-electron chi connectivity index (χ3n) is 3.40. The summed E-state index contributed by atoms with van der Waals surface area (Å²) in [4.78, 5) is 1.44. The molecule has 0 bridgehead atoms. The summed E-state index contributed by atoms with van der Waals surface area (Å²) < 4.78 is 0. The normalized spacial score (nSPS) is 11.8. The Morgan fingerprint density at radius 3 is 2.56 bits per heavy atom. The molecule has 0 aliphatic rings. The molecule has 0 amide bonds. The van der Waals surface area contributed by atoms with Gasteiger partial charge in [-0.1, -0.05) is 38.0 Å². The Balaban J connectivity index is 2.28. The lowest BCUT2D eigenvalue weighted by Gasteiger charge is -2.21. The molecule has 0 radical (unpaired) electrons.